The van der Waals surface area contributed by atoms with E-state index in [1.807, 2.05) is 31.2 Å². The number of aliphatic hydroxyl groups is 1. The lowest BCUT2D eigenvalue weighted by atomic mass is 10.1. The largest absolute Gasteiger partial charge is 0.397 e. The number of anilines is 2. The van der Waals surface area contributed by atoms with Crippen molar-refractivity contribution in [2.75, 3.05) is 23.8 Å². The van der Waals surface area contributed by atoms with Crippen molar-refractivity contribution in [1.82, 2.24) is 0 Å². The number of nitrogen functional groups attached to an aromatic ring is 1. The van der Waals surface area contributed by atoms with Gasteiger partial charge in [-0.3, -0.25) is 4.79 Å². The molecule has 1 amide bonds. The Hall–Kier alpha value is -1.85. The van der Waals surface area contributed by atoms with E-state index in [1.165, 1.54) is 4.90 Å². The van der Waals surface area contributed by atoms with E-state index in [1.54, 1.807) is 18.2 Å². The molecule has 0 saturated carbocycles. The van der Waals surface area contributed by atoms with E-state index in [0.717, 1.165) is 10.0 Å². The van der Waals surface area contributed by atoms with Crippen LogP contribution in [-0.4, -0.2) is 24.2 Å². The SMILES string of the molecule is Cc1ccc(C(=O)N(CCO)c2ccccc2N)c(Br)c1. The predicted molar refractivity (Wildman–Crippen MR) is 88.5 cm³/mol. The van der Waals surface area contributed by atoms with Gasteiger partial charge in [0, 0.05) is 11.0 Å². The minimum Gasteiger partial charge on any atom is -0.397 e. The smallest absolute Gasteiger partial charge is 0.259 e. The van der Waals surface area contributed by atoms with Crippen molar-refractivity contribution in [2.45, 2.75) is 6.92 Å². The van der Waals surface area contributed by atoms with Crippen LogP contribution in [0.5, 0.6) is 0 Å². The van der Waals surface area contributed by atoms with Crippen LogP contribution in [0.4, 0.5) is 11.4 Å². The number of carbonyl (C=O) groups excluding carboxylic acids is 1. The molecule has 2 rings (SSSR count). The number of hydrogen-bond donors (Lipinski definition) is 2. The first kappa shape index (κ1) is 15.5. The molecule has 0 saturated heterocycles. The van der Waals surface area contributed by atoms with Crippen LogP contribution in [0, 0.1) is 6.92 Å². The minimum atomic E-state index is -0.200. The number of nitrogens with two attached hydrogens (primary N) is 1. The number of carbonyl (C=O) groups is 1. The zero-order chi connectivity index (χ0) is 15.4. The van der Waals surface area contributed by atoms with Crippen LogP contribution in [0.2, 0.25) is 0 Å². The minimum absolute atomic E-state index is 0.135. The zero-order valence-corrected chi connectivity index (χ0v) is 13.3. The van der Waals surface area contributed by atoms with Crippen molar-refractivity contribution in [2.24, 2.45) is 0 Å². The monoisotopic (exact) mass is 348 g/mol. The summed E-state index contributed by atoms with van der Waals surface area (Å²) in [5.74, 6) is -0.200. The van der Waals surface area contributed by atoms with Crippen LogP contribution < -0.4 is 10.6 Å². The van der Waals surface area contributed by atoms with Crippen LogP contribution in [0.15, 0.2) is 46.9 Å². The molecule has 3 N–H and O–H groups in total. The van der Waals surface area contributed by atoms with E-state index >= 15 is 0 Å². The molecular weight excluding hydrogens is 332 g/mol. The van der Waals surface area contributed by atoms with E-state index in [4.69, 9.17) is 5.73 Å². The number of hydrogen-bond acceptors (Lipinski definition) is 3. The lowest BCUT2D eigenvalue weighted by molar-refractivity contribution is 0.0980. The lowest BCUT2D eigenvalue weighted by Crippen LogP contribution is -2.34. The maximum Gasteiger partial charge on any atom is 0.259 e. The van der Waals surface area contributed by atoms with Crippen LogP contribution >= 0.6 is 15.9 Å². The first-order valence-corrected chi connectivity index (χ1v) is 7.37. The van der Waals surface area contributed by atoms with Gasteiger partial charge in [-0.1, -0.05) is 18.2 Å². The van der Waals surface area contributed by atoms with Gasteiger partial charge in [0.2, 0.25) is 0 Å². The van der Waals surface area contributed by atoms with Crippen molar-refractivity contribution >= 4 is 33.2 Å². The van der Waals surface area contributed by atoms with Gasteiger partial charge in [0.15, 0.2) is 0 Å². The summed E-state index contributed by atoms with van der Waals surface area (Å²) in [6.07, 6.45) is 0. The van der Waals surface area contributed by atoms with Crippen LogP contribution in [-0.2, 0) is 0 Å². The average molecular weight is 349 g/mol. The summed E-state index contributed by atoms with van der Waals surface area (Å²) in [6, 6.07) is 12.7. The fourth-order valence-electron chi connectivity index (χ4n) is 2.10. The lowest BCUT2D eigenvalue weighted by Gasteiger charge is -2.24. The second-order valence-electron chi connectivity index (χ2n) is 4.72. The second-order valence-corrected chi connectivity index (χ2v) is 5.58. The molecular formula is C16H17BrN2O2. The number of halogens is 1. The molecule has 5 heteroatoms. The van der Waals surface area contributed by atoms with Gasteiger partial charge >= 0.3 is 0 Å². The van der Waals surface area contributed by atoms with Gasteiger partial charge in [0.1, 0.15) is 0 Å². The van der Waals surface area contributed by atoms with Crippen LogP contribution in [0.1, 0.15) is 15.9 Å². The normalized spacial score (nSPS) is 10.4. The average Bonchev–Trinajstić information content (AvgIpc) is 2.45. The first-order valence-electron chi connectivity index (χ1n) is 6.58. The summed E-state index contributed by atoms with van der Waals surface area (Å²) in [4.78, 5) is 14.2. The van der Waals surface area contributed by atoms with Crippen molar-refractivity contribution in [3.63, 3.8) is 0 Å². The molecule has 0 aromatic heterocycles. The third-order valence-corrected chi connectivity index (χ3v) is 3.81. The molecule has 0 aliphatic carbocycles. The number of benzene rings is 2. The number of rotatable bonds is 4. The fraction of sp³-hybridized carbons (Fsp3) is 0.188. The third kappa shape index (κ3) is 3.43. The summed E-state index contributed by atoms with van der Waals surface area (Å²) in [6.45, 7) is 2.01. The van der Waals surface area contributed by atoms with Gasteiger partial charge in [0.05, 0.1) is 23.5 Å². The second kappa shape index (κ2) is 6.74. The van der Waals surface area contributed by atoms with E-state index in [2.05, 4.69) is 15.9 Å². The van der Waals surface area contributed by atoms with Crippen molar-refractivity contribution in [3.05, 3.63) is 58.1 Å². The molecule has 0 spiro atoms. The fourth-order valence-corrected chi connectivity index (χ4v) is 2.77. The summed E-state index contributed by atoms with van der Waals surface area (Å²) in [5, 5.41) is 9.25. The number of para-hydroxylation sites is 2. The Morgan fingerprint density at radius 1 is 1.29 bits per heavy atom. The van der Waals surface area contributed by atoms with Gasteiger partial charge in [-0.25, -0.2) is 0 Å². The standard InChI is InChI=1S/C16H17BrN2O2/c1-11-6-7-12(13(17)10-11)16(21)19(8-9-20)15-5-3-2-4-14(15)18/h2-7,10,20H,8-9,18H2,1H3. The van der Waals surface area contributed by atoms with Crippen molar-refractivity contribution in [1.29, 1.82) is 0 Å². The maximum absolute atomic E-state index is 12.7. The molecule has 0 aliphatic heterocycles. The molecule has 0 bridgehead atoms. The highest BCUT2D eigenvalue weighted by atomic mass is 79.9. The molecule has 110 valence electrons. The molecule has 2 aromatic rings. The van der Waals surface area contributed by atoms with Crippen molar-refractivity contribution in [3.8, 4) is 0 Å². The van der Waals surface area contributed by atoms with Crippen LogP contribution in [0.3, 0.4) is 0 Å². The van der Waals surface area contributed by atoms with Crippen LogP contribution in [0.25, 0.3) is 0 Å². The molecule has 0 aliphatic rings. The molecule has 0 heterocycles. The van der Waals surface area contributed by atoms with E-state index in [-0.39, 0.29) is 19.1 Å². The summed E-state index contributed by atoms with van der Waals surface area (Å²) in [5.41, 5.74) is 8.65. The molecule has 0 radical (unpaired) electrons. The van der Waals surface area contributed by atoms with Gasteiger partial charge in [-0.05, 0) is 52.7 Å². The molecule has 0 unspecified atom stereocenters. The number of aryl methyl sites for hydroxylation is 1. The Labute approximate surface area is 132 Å². The van der Waals surface area contributed by atoms with E-state index in [0.29, 0.717) is 16.9 Å². The summed E-state index contributed by atoms with van der Waals surface area (Å²) in [7, 11) is 0. The van der Waals surface area contributed by atoms with E-state index in [9.17, 15) is 9.90 Å². The topological polar surface area (TPSA) is 66.6 Å². The highest BCUT2D eigenvalue weighted by Crippen LogP contribution is 2.27. The quantitative estimate of drug-likeness (QED) is 0.834. The number of aliphatic hydroxyl groups excluding tert-OH is 1. The van der Waals surface area contributed by atoms with Gasteiger partial charge in [0.25, 0.3) is 5.91 Å². The maximum atomic E-state index is 12.7. The highest BCUT2D eigenvalue weighted by Gasteiger charge is 2.21. The highest BCUT2D eigenvalue weighted by molar-refractivity contribution is 9.10. The van der Waals surface area contributed by atoms with Gasteiger partial charge < -0.3 is 15.7 Å². The van der Waals surface area contributed by atoms with Gasteiger partial charge in [-0.2, -0.15) is 0 Å². The Balaban J connectivity index is 2.43. The van der Waals surface area contributed by atoms with Crippen molar-refractivity contribution < 1.29 is 9.90 Å². The molecule has 0 fully saturated rings. The summed E-state index contributed by atoms with van der Waals surface area (Å²) < 4.78 is 0.727. The first-order chi connectivity index (χ1) is 10.0. The zero-order valence-electron chi connectivity index (χ0n) is 11.7. The Bertz CT molecular complexity index is 658. The summed E-state index contributed by atoms with van der Waals surface area (Å²) >= 11 is 3.42. The van der Waals surface area contributed by atoms with Gasteiger partial charge in [-0.15, -0.1) is 0 Å². The third-order valence-electron chi connectivity index (χ3n) is 3.15. The van der Waals surface area contributed by atoms with E-state index < -0.39 is 0 Å². The molecule has 0 atom stereocenters. The Morgan fingerprint density at radius 2 is 2.00 bits per heavy atom. The Morgan fingerprint density at radius 3 is 2.62 bits per heavy atom. The molecule has 21 heavy (non-hydrogen) atoms. The molecule has 2 aromatic carbocycles. The Kier molecular flexibility index (Phi) is 4.98. The number of nitrogens with zero attached hydrogens (tertiary/aromatic N) is 1. The predicted octanol–water partition coefficient (Wildman–Crippen LogP) is 2.98. The number of amides is 1. The molecule has 4 nitrogen and oxygen atoms in total.